The first-order valence-electron chi connectivity index (χ1n) is 17.4. The summed E-state index contributed by atoms with van der Waals surface area (Å²) >= 11 is 0. The minimum absolute atomic E-state index is 0.0210. The van der Waals surface area contributed by atoms with Crippen LogP contribution in [-0.2, 0) is 14.3 Å². The molecule has 6 N–H and O–H groups in total. The second-order valence-corrected chi connectivity index (χ2v) is 18.0. The Morgan fingerprint density at radius 1 is 0.889 bits per heavy atom. The van der Waals surface area contributed by atoms with E-state index in [0.717, 1.165) is 44.9 Å². The summed E-state index contributed by atoms with van der Waals surface area (Å²) in [6, 6.07) is 0. The number of carboxylic acids is 1. The van der Waals surface area contributed by atoms with Gasteiger partial charge in [-0.3, -0.25) is 4.79 Å². The summed E-state index contributed by atoms with van der Waals surface area (Å²) in [6.07, 6.45) is 1.79. The van der Waals surface area contributed by atoms with Gasteiger partial charge in [-0.1, -0.05) is 60.1 Å². The number of carbonyl (C=O) groups is 1. The van der Waals surface area contributed by atoms with Gasteiger partial charge < -0.3 is 40.1 Å². The average Bonchev–Trinajstić information content (AvgIpc) is 2.94. The fourth-order valence-electron chi connectivity index (χ4n) is 12.3. The zero-order chi connectivity index (χ0) is 33.1. The number of carboxylic acid groups (broad SMARTS) is 1. The Hall–Kier alpha value is -1.07. The summed E-state index contributed by atoms with van der Waals surface area (Å²) < 4.78 is 12.2. The molecule has 0 bridgehead atoms. The number of allylic oxidation sites excluding steroid dienone is 2. The van der Waals surface area contributed by atoms with Crippen LogP contribution in [0, 0.1) is 50.2 Å². The van der Waals surface area contributed by atoms with Crippen LogP contribution in [0.5, 0.6) is 0 Å². The van der Waals surface area contributed by atoms with Gasteiger partial charge >= 0.3 is 5.97 Å². The lowest BCUT2D eigenvalue weighted by atomic mass is 9.33. The van der Waals surface area contributed by atoms with Crippen molar-refractivity contribution in [3.8, 4) is 0 Å². The molecule has 256 valence electrons. The van der Waals surface area contributed by atoms with E-state index in [1.807, 2.05) is 0 Å². The molecular weight excluding hydrogens is 576 g/mol. The predicted octanol–water partition coefficient (Wildman–Crippen LogP) is 4.03. The number of fused-ring (bicyclic) bond motifs is 7. The molecule has 4 saturated carbocycles. The summed E-state index contributed by atoms with van der Waals surface area (Å²) in [7, 11) is 0. The van der Waals surface area contributed by atoms with Gasteiger partial charge in [-0.2, -0.15) is 0 Å². The van der Waals surface area contributed by atoms with Crippen molar-refractivity contribution < 1.29 is 44.9 Å². The molecule has 0 aromatic heterocycles. The molecule has 6 aliphatic rings. The average molecular weight is 635 g/mol. The molecule has 0 amide bonds. The fraction of sp³-hybridized carbons (Fsp3) is 0.917. The number of hydrogen-bond acceptors (Lipinski definition) is 8. The molecule has 1 saturated heterocycles. The third-order valence-corrected chi connectivity index (χ3v) is 15.2. The van der Waals surface area contributed by atoms with Gasteiger partial charge in [-0.15, -0.1) is 0 Å². The molecule has 1 heterocycles. The Labute approximate surface area is 268 Å². The normalized spacial score (nSPS) is 53.6. The summed E-state index contributed by atoms with van der Waals surface area (Å²) in [5.74, 6) is -0.382. The number of hydrogen-bond donors (Lipinski definition) is 6. The SMILES string of the molecule is CC1(C)CC[C@]2(C(=O)O)[C@H](O)C[C@]3(C)C(=CC[C@@H]4[C@@]5(C)CC[C@H](O[C@@H]6O[C@H](CO)[C@@H](O)[C@H](O)[C@H]6O)C(C)(C)[C@@H]5CC[C@]43C)[C@@H]2C1. The topological polar surface area (TPSA) is 157 Å². The highest BCUT2D eigenvalue weighted by Gasteiger charge is 2.71. The van der Waals surface area contributed by atoms with Gasteiger partial charge in [-0.25, -0.2) is 0 Å². The lowest BCUT2D eigenvalue weighted by molar-refractivity contribution is -0.330. The van der Waals surface area contributed by atoms with Crippen LogP contribution in [0.15, 0.2) is 11.6 Å². The zero-order valence-corrected chi connectivity index (χ0v) is 28.3. The highest BCUT2D eigenvalue weighted by atomic mass is 16.7. The van der Waals surface area contributed by atoms with Crippen LogP contribution >= 0.6 is 0 Å². The summed E-state index contributed by atoms with van der Waals surface area (Å²) in [5, 5.41) is 63.5. The van der Waals surface area contributed by atoms with Gasteiger partial charge in [0, 0.05) is 0 Å². The first-order valence-corrected chi connectivity index (χ1v) is 17.4. The van der Waals surface area contributed by atoms with E-state index in [1.165, 1.54) is 5.57 Å². The first-order chi connectivity index (χ1) is 20.8. The van der Waals surface area contributed by atoms with E-state index in [-0.39, 0.29) is 39.1 Å². The monoisotopic (exact) mass is 634 g/mol. The number of aliphatic hydroxyl groups is 5. The van der Waals surface area contributed by atoms with E-state index in [4.69, 9.17) is 9.47 Å². The maximum absolute atomic E-state index is 13.0. The van der Waals surface area contributed by atoms with Crippen LogP contribution < -0.4 is 0 Å². The minimum atomic E-state index is -1.47. The van der Waals surface area contributed by atoms with Crippen molar-refractivity contribution in [2.24, 2.45) is 50.2 Å². The molecule has 14 atom stereocenters. The fourth-order valence-corrected chi connectivity index (χ4v) is 12.3. The van der Waals surface area contributed by atoms with Crippen molar-refractivity contribution in [2.75, 3.05) is 6.61 Å². The van der Waals surface area contributed by atoms with Gasteiger partial charge in [0.15, 0.2) is 6.29 Å². The van der Waals surface area contributed by atoms with E-state index < -0.39 is 54.8 Å². The highest BCUT2D eigenvalue weighted by Crippen LogP contribution is 2.76. The van der Waals surface area contributed by atoms with Gasteiger partial charge in [0.1, 0.15) is 29.8 Å². The molecular formula is C36H58O9. The van der Waals surface area contributed by atoms with Crippen LogP contribution in [0.4, 0.5) is 0 Å². The van der Waals surface area contributed by atoms with Crippen molar-refractivity contribution in [3.63, 3.8) is 0 Å². The van der Waals surface area contributed by atoms with Crippen molar-refractivity contribution in [1.29, 1.82) is 0 Å². The van der Waals surface area contributed by atoms with E-state index >= 15 is 0 Å². The van der Waals surface area contributed by atoms with Gasteiger partial charge in [0.2, 0.25) is 0 Å². The van der Waals surface area contributed by atoms with Crippen molar-refractivity contribution in [1.82, 2.24) is 0 Å². The third-order valence-electron chi connectivity index (χ3n) is 15.2. The molecule has 0 unspecified atom stereocenters. The van der Waals surface area contributed by atoms with Crippen LogP contribution in [0.2, 0.25) is 0 Å². The second-order valence-electron chi connectivity index (χ2n) is 18.0. The largest absolute Gasteiger partial charge is 0.481 e. The number of aliphatic hydroxyl groups excluding tert-OH is 5. The van der Waals surface area contributed by atoms with Crippen LogP contribution in [0.1, 0.15) is 106 Å². The predicted molar refractivity (Wildman–Crippen MR) is 167 cm³/mol. The van der Waals surface area contributed by atoms with Crippen LogP contribution in [-0.4, -0.2) is 86.1 Å². The van der Waals surface area contributed by atoms with E-state index in [2.05, 4.69) is 54.5 Å². The summed E-state index contributed by atoms with van der Waals surface area (Å²) in [5.41, 5.74) is -0.571. The van der Waals surface area contributed by atoms with E-state index in [1.54, 1.807) is 0 Å². The maximum Gasteiger partial charge on any atom is 0.312 e. The summed E-state index contributed by atoms with van der Waals surface area (Å²) in [4.78, 5) is 13.0. The Bertz CT molecular complexity index is 1210. The smallest absolute Gasteiger partial charge is 0.312 e. The van der Waals surface area contributed by atoms with Crippen molar-refractivity contribution in [2.45, 2.75) is 149 Å². The number of aliphatic carboxylic acids is 1. The molecule has 9 nitrogen and oxygen atoms in total. The van der Waals surface area contributed by atoms with Crippen molar-refractivity contribution >= 4 is 5.97 Å². The maximum atomic E-state index is 13.0. The first kappa shape index (κ1) is 33.8. The molecule has 5 aliphatic carbocycles. The lowest BCUT2D eigenvalue weighted by Crippen LogP contribution is -2.68. The Balaban J connectivity index is 1.31. The summed E-state index contributed by atoms with van der Waals surface area (Å²) in [6.45, 7) is 15.6. The standard InChI is InChI=1S/C36H58O9/c1-31(2)14-15-36(30(42)43)20(16-31)19-8-9-23-33(5)12-11-25(45-29-28(41)27(40)26(39)21(18-37)44-29)32(3,4)22(33)10-13-34(23,6)35(19,7)17-24(36)38/h8,20-29,37-41H,9-18H2,1-7H3,(H,42,43)/t20-,21+,22-,23+,24+,25-,26+,27-,28+,29-,33-,34+,35+,36+/m0/s1. The highest BCUT2D eigenvalue weighted by molar-refractivity contribution is 5.77. The molecule has 0 spiro atoms. The molecule has 1 aliphatic heterocycles. The van der Waals surface area contributed by atoms with E-state index in [0.29, 0.717) is 24.7 Å². The van der Waals surface area contributed by atoms with Crippen molar-refractivity contribution in [3.05, 3.63) is 11.6 Å². The second kappa shape index (κ2) is 10.7. The van der Waals surface area contributed by atoms with Crippen LogP contribution in [0.25, 0.3) is 0 Å². The number of rotatable bonds is 4. The lowest BCUT2D eigenvalue weighted by Gasteiger charge is -2.71. The zero-order valence-electron chi connectivity index (χ0n) is 28.3. The Kier molecular flexibility index (Phi) is 8.05. The molecule has 0 aromatic carbocycles. The molecule has 6 rings (SSSR count). The Morgan fingerprint density at radius 2 is 1.58 bits per heavy atom. The van der Waals surface area contributed by atoms with Gasteiger partial charge in [0.25, 0.3) is 0 Å². The van der Waals surface area contributed by atoms with E-state index in [9.17, 15) is 35.4 Å². The van der Waals surface area contributed by atoms with Crippen LogP contribution in [0.3, 0.4) is 0 Å². The van der Waals surface area contributed by atoms with Gasteiger partial charge in [-0.05, 0) is 103 Å². The number of ether oxygens (including phenoxy) is 2. The molecule has 9 heteroatoms. The third kappa shape index (κ3) is 4.54. The molecule has 45 heavy (non-hydrogen) atoms. The molecule has 0 aromatic rings. The molecule has 5 fully saturated rings. The van der Waals surface area contributed by atoms with Gasteiger partial charge in [0.05, 0.1) is 18.8 Å². The minimum Gasteiger partial charge on any atom is -0.481 e. The molecule has 0 radical (unpaired) electrons. The Morgan fingerprint density at radius 3 is 2.22 bits per heavy atom. The quantitative estimate of drug-likeness (QED) is 0.199.